The number of amides is 1. The normalized spacial score (nSPS) is 16.6. The van der Waals surface area contributed by atoms with Gasteiger partial charge in [-0.05, 0) is 56.0 Å². The first-order valence-electron chi connectivity index (χ1n) is 9.18. The van der Waals surface area contributed by atoms with E-state index in [0.29, 0.717) is 28.5 Å². The zero-order chi connectivity index (χ0) is 19.8. The predicted octanol–water partition coefficient (Wildman–Crippen LogP) is 5.02. The number of carbonyl (C=O) groups is 1. The molecule has 1 aliphatic rings. The van der Waals surface area contributed by atoms with E-state index in [0.717, 1.165) is 41.4 Å². The summed E-state index contributed by atoms with van der Waals surface area (Å²) in [4.78, 5) is 19.1. The number of hydrogen-bond acceptors (Lipinski definition) is 4. The molecule has 0 radical (unpaired) electrons. The molecule has 1 aromatic heterocycles. The fourth-order valence-corrected chi connectivity index (χ4v) is 4.34. The molecule has 0 bridgehead atoms. The fourth-order valence-electron chi connectivity index (χ4n) is 3.33. The van der Waals surface area contributed by atoms with Crippen molar-refractivity contribution in [3.8, 4) is 0 Å². The molecule has 1 fully saturated rings. The lowest BCUT2D eigenvalue weighted by atomic mass is 10.1. The van der Waals surface area contributed by atoms with Crippen LogP contribution in [0.4, 0.5) is 13.9 Å². The van der Waals surface area contributed by atoms with Gasteiger partial charge >= 0.3 is 0 Å². The summed E-state index contributed by atoms with van der Waals surface area (Å²) in [5.74, 6) is -1.61. The summed E-state index contributed by atoms with van der Waals surface area (Å²) < 4.78 is 33.8. The Hall–Kier alpha value is -2.38. The molecule has 146 valence electrons. The molecule has 7 heteroatoms. The lowest BCUT2D eigenvalue weighted by molar-refractivity contribution is 0.0917. The topological polar surface area (TPSA) is 42.4 Å². The van der Waals surface area contributed by atoms with E-state index in [2.05, 4.69) is 4.98 Å². The van der Waals surface area contributed by atoms with Gasteiger partial charge in [-0.3, -0.25) is 9.69 Å². The van der Waals surface area contributed by atoms with Crippen LogP contribution in [0.15, 0.2) is 30.3 Å². The highest BCUT2D eigenvalue weighted by atomic mass is 32.1. The first kappa shape index (κ1) is 19.0. The Morgan fingerprint density at radius 1 is 1.25 bits per heavy atom. The van der Waals surface area contributed by atoms with Crippen LogP contribution in [0.2, 0.25) is 0 Å². The molecule has 28 heavy (non-hydrogen) atoms. The van der Waals surface area contributed by atoms with Crippen LogP contribution < -0.4 is 4.90 Å². The molecule has 1 atom stereocenters. The van der Waals surface area contributed by atoms with Crippen LogP contribution in [0.5, 0.6) is 0 Å². The van der Waals surface area contributed by atoms with Gasteiger partial charge in [0.05, 0.1) is 17.3 Å². The van der Waals surface area contributed by atoms with Crippen LogP contribution in [0.25, 0.3) is 10.2 Å². The van der Waals surface area contributed by atoms with Gasteiger partial charge in [0.25, 0.3) is 5.91 Å². The molecule has 2 aromatic carbocycles. The van der Waals surface area contributed by atoms with Crippen LogP contribution in [0.1, 0.15) is 34.3 Å². The monoisotopic (exact) mass is 402 g/mol. The molecule has 3 aromatic rings. The van der Waals surface area contributed by atoms with E-state index in [1.165, 1.54) is 11.0 Å². The smallest absolute Gasteiger partial charge is 0.260 e. The average molecular weight is 402 g/mol. The third-order valence-electron chi connectivity index (χ3n) is 5.04. The summed E-state index contributed by atoms with van der Waals surface area (Å²) in [5, 5.41) is 0.346. The Morgan fingerprint density at radius 2 is 2.07 bits per heavy atom. The van der Waals surface area contributed by atoms with Crippen LogP contribution in [0, 0.1) is 25.5 Å². The Bertz CT molecular complexity index is 1040. The maximum atomic E-state index is 14.1. The van der Waals surface area contributed by atoms with Crippen LogP contribution in [0.3, 0.4) is 0 Å². The van der Waals surface area contributed by atoms with Gasteiger partial charge in [0, 0.05) is 18.2 Å². The average Bonchev–Trinajstić information content (AvgIpc) is 3.31. The molecule has 1 aliphatic heterocycles. The van der Waals surface area contributed by atoms with E-state index in [4.69, 9.17) is 4.74 Å². The van der Waals surface area contributed by atoms with E-state index in [1.54, 1.807) is 6.07 Å². The molecular formula is C21H20F2N2O2S. The third-order valence-corrected chi connectivity index (χ3v) is 6.07. The molecule has 1 saturated heterocycles. The highest BCUT2D eigenvalue weighted by molar-refractivity contribution is 7.22. The molecule has 0 aliphatic carbocycles. The minimum Gasteiger partial charge on any atom is -0.376 e. The van der Waals surface area contributed by atoms with Gasteiger partial charge < -0.3 is 4.74 Å². The molecule has 0 spiro atoms. The summed E-state index contributed by atoms with van der Waals surface area (Å²) in [6.45, 7) is 4.93. The number of aryl methyl sites for hydroxylation is 2. The van der Waals surface area contributed by atoms with E-state index >= 15 is 0 Å². The maximum Gasteiger partial charge on any atom is 0.260 e. The first-order valence-corrected chi connectivity index (χ1v) is 10.0. The van der Waals surface area contributed by atoms with Gasteiger partial charge in [-0.25, -0.2) is 13.8 Å². The predicted molar refractivity (Wildman–Crippen MR) is 106 cm³/mol. The minimum absolute atomic E-state index is 0.0756. The summed E-state index contributed by atoms with van der Waals surface area (Å²) in [5.41, 5.74) is 2.72. The Kier molecular flexibility index (Phi) is 5.12. The molecule has 4 nitrogen and oxygen atoms in total. The van der Waals surface area contributed by atoms with Crippen LogP contribution in [-0.2, 0) is 4.74 Å². The van der Waals surface area contributed by atoms with Gasteiger partial charge in [0.15, 0.2) is 10.9 Å². The Balaban J connectivity index is 1.75. The second-order valence-corrected chi connectivity index (χ2v) is 8.09. The number of nitrogens with zero attached hydrogens (tertiary/aromatic N) is 2. The molecule has 0 N–H and O–H groups in total. The SMILES string of the molecule is Cc1ccc(C(=O)N(CC2CCCO2)c2nc3c(F)cc(F)cc3s2)cc1C. The number of ether oxygens (including phenoxy) is 1. The van der Waals surface area contributed by atoms with Gasteiger partial charge in [-0.2, -0.15) is 0 Å². The van der Waals surface area contributed by atoms with E-state index < -0.39 is 11.6 Å². The minimum atomic E-state index is -0.729. The second-order valence-electron chi connectivity index (χ2n) is 7.08. The van der Waals surface area contributed by atoms with E-state index in [-0.39, 0.29) is 17.5 Å². The van der Waals surface area contributed by atoms with Crippen LogP contribution in [-0.4, -0.2) is 30.1 Å². The van der Waals surface area contributed by atoms with Crippen molar-refractivity contribution >= 4 is 32.6 Å². The molecule has 0 saturated carbocycles. The number of hydrogen-bond donors (Lipinski definition) is 0. The summed E-state index contributed by atoms with van der Waals surface area (Å²) in [7, 11) is 0. The maximum absolute atomic E-state index is 14.1. The quantitative estimate of drug-likeness (QED) is 0.616. The molecule has 2 heterocycles. The largest absolute Gasteiger partial charge is 0.376 e. The standard InChI is InChI=1S/C21H20F2N2O2S/c1-12-5-6-14(8-13(12)2)20(26)25(11-16-4-3-7-27-16)21-24-19-17(23)9-15(22)10-18(19)28-21/h5-6,8-10,16H,3-4,7,11H2,1-2H3. The Morgan fingerprint density at radius 3 is 2.79 bits per heavy atom. The lowest BCUT2D eigenvalue weighted by Crippen LogP contribution is -2.37. The Labute approximate surface area is 165 Å². The van der Waals surface area contributed by atoms with Gasteiger partial charge in [-0.1, -0.05) is 17.4 Å². The summed E-state index contributed by atoms with van der Waals surface area (Å²) in [6, 6.07) is 7.57. The number of thiazole rings is 1. The number of anilines is 1. The summed E-state index contributed by atoms with van der Waals surface area (Å²) in [6.07, 6.45) is 1.70. The lowest BCUT2D eigenvalue weighted by Gasteiger charge is -2.23. The van der Waals surface area contributed by atoms with Crippen molar-refractivity contribution in [3.63, 3.8) is 0 Å². The van der Waals surface area contributed by atoms with Gasteiger partial charge in [0.2, 0.25) is 0 Å². The fraction of sp³-hybridized carbons (Fsp3) is 0.333. The number of rotatable bonds is 4. The van der Waals surface area contributed by atoms with Gasteiger partial charge in [-0.15, -0.1) is 0 Å². The van der Waals surface area contributed by atoms with Gasteiger partial charge in [0.1, 0.15) is 11.3 Å². The summed E-state index contributed by atoms with van der Waals surface area (Å²) >= 11 is 1.11. The van der Waals surface area contributed by atoms with Crippen molar-refractivity contribution in [2.45, 2.75) is 32.8 Å². The van der Waals surface area contributed by atoms with E-state index in [1.807, 2.05) is 26.0 Å². The molecular weight excluding hydrogens is 382 g/mol. The first-order chi connectivity index (χ1) is 13.4. The number of fused-ring (bicyclic) bond motifs is 1. The highest BCUT2D eigenvalue weighted by Crippen LogP contribution is 2.33. The number of halogens is 2. The second kappa shape index (κ2) is 7.56. The third kappa shape index (κ3) is 3.64. The van der Waals surface area contributed by atoms with Crippen molar-refractivity contribution in [2.75, 3.05) is 18.1 Å². The van der Waals surface area contributed by atoms with Crippen molar-refractivity contribution < 1.29 is 18.3 Å². The van der Waals surface area contributed by atoms with E-state index in [9.17, 15) is 13.6 Å². The number of aromatic nitrogens is 1. The van der Waals surface area contributed by atoms with Crippen molar-refractivity contribution in [3.05, 3.63) is 58.7 Å². The molecule has 1 amide bonds. The number of benzene rings is 2. The van der Waals surface area contributed by atoms with Crippen molar-refractivity contribution in [1.29, 1.82) is 0 Å². The van der Waals surface area contributed by atoms with Crippen molar-refractivity contribution in [2.24, 2.45) is 0 Å². The van der Waals surface area contributed by atoms with Crippen molar-refractivity contribution in [1.82, 2.24) is 4.98 Å². The van der Waals surface area contributed by atoms with Crippen LogP contribution >= 0.6 is 11.3 Å². The zero-order valence-electron chi connectivity index (χ0n) is 15.7. The molecule has 4 rings (SSSR count). The number of carbonyl (C=O) groups excluding carboxylic acids is 1. The highest BCUT2D eigenvalue weighted by Gasteiger charge is 2.27. The zero-order valence-corrected chi connectivity index (χ0v) is 16.5. The molecule has 1 unspecified atom stereocenters.